The minimum atomic E-state index is -3.38. The van der Waals surface area contributed by atoms with E-state index in [-0.39, 0.29) is 57.2 Å². The van der Waals surface area contributed by atoms with Crippen LogP contribution in [0.25, 0.3) is 0 Å². The fourth-order valence-electron chi connectivity index (χ4n) is 4.72. The molecule has 2 saturated carbocycles. The molecule has 1 aromatic rings. The highest BCUT2D eigenvalue weighted by Gasteiger charge is 2.65. The number of nitrogens with zero attached hydrogens (tertiary/aromatic N) is 3. The molecule has 0 atom stereocenters. The highest BCUT2D eigenvalue weighted by atomic mass is 32.2. The summed E-state index contributed by atoms with van der Waals surface area (Å²) in [6.45, 7) is 8.09. The first-order valence-corrected chi connectivity index (χ1v) is 14.1. The lowest BCUT2D eigenvalue weighted by Crippen LogP contribution is -2.48. The van der Waals surface area contributed by atoms with Gasteiger partial charge in [0.05, 0.1) is 29.3 Å². The van der Waals surface area contributed by atoms with E-state index in [9.17, 15) is 27.9 Å². The molecule has 2 aliphatic carbocycles. The van der Waals surface area contributed by atoms with Crippen LogP contribution in [0.3, 0.4) is 0 Å². The van der Waals surface area contributed by atoms with Crippen molar-refractivity contribution in [3.8, 4) is 0 Å². The van der Waals surface area contributed by atoms with Crippen molar-refractivity contribution in [3.63, 3.8) is 0 Å². The monoisotopic (exact) mass is 540 g/mol. The summed E-state index contributed by atoms with van der Waals surface area (Å²) >= 11 is 0. The predicted octanol–water partition coefficient (Wildman–Crippen LogP) is 1.62. The molecule has 206 valence electrons. The highest BCUT2D eigenvalue weighted by Crippen LogP contribution is 2.56. The number of aromatic carboxylic acids is 1. The van der Waals surface area contributed by atoms with Gasteiger partial charge >= 0.3 is 12.1 Å². The van der Waals surface area contributed by atoms with E-state index < -0.39 is 42.9 Å². The Balaban J connectivity index is 1.38. The van der Waals surface area contributed by atoms with Crippen molar-refractivity contribution in [1.82, 2.24) is 20.0 Å². The van der Waals surface area contributed by atoms with Gasteiger partial charge in [0, 0.05) is 25.2 Å². The number of rotatable bonds is 11. The Morgan fingerprint density at radius 1 is 1.16 bits per heavy atom. The van der Waals surface area contributed by atoms with E-state index >= 15 is 0 Å². The number of nitrogens with one attached hydrogen (secondary N) is 1. The second-order valence-electron chi connectivity index (χ2n) is 11.4. The number of carbonyl (C=O) groups excluding carboxylic acids is 2. The van der Waals surface area contributed by atoms with Crippen LogP contribution < -0.4 is 5.32 Å². The molecule has 12 nitrogen and oxygen atoms in total. The maximum absolute atomic E-state index is 13.5. The molecular formula is C24H36N4O8S. The molecule has 0 saturated heterocycles. The smallest absolute Gasteiger partial charge is 0.407 e. The normalized spacial score (nSPS) is 19.8. The Labute approximate surface area is 216 Å². The number of hydrogen-bond donors (Lipinski definition) is 2. The molecule has 2 N–H and O–H groups in total. The Morgan fingerprint density at radius 2 is 1.84 bits per heavy atom. The standard InChI is InChI=1S/C24H36N4O8S/c1-22(2,3)36-21(32)25-10-13-35-14-12-28-18-16(17(26-28)20(30)31)5-11-27(19(18)29)15-24(8-9-24)37(33,34)23(4)6-7-23/h5-15H2,1-4H3,(H,25,32)(H,30,31). The van der Waals surface area contributed by atoms with Gasteiger partial charge in [-0.2, -0.15) is 5.10 Å². The van der Waals surface area contributed by atoms with Crippen molar-refractivity contribution in [2.75, 3.05) is 32.8 Å². The van der Waals surface area contributed by atoms with E-state index in [2.05, 4.69) is 10.4 Å². The first kappa shape index (κ1) is 27.4. The summed E-state index contributed by atoms with van der Waals surface area (Å²) in [7, 11) is -3.38. The van der Waals surface area contributed by atoms with Gasteiger partial charge in [-0.3, -0.25) is 9.48 Å². The van der Waals surface area contributed by atoms with Gasteiger partial charge in [0.2, 0.25) is 0 Å². The van der Waals surface area contributed by atoms with Gasteiger partial charge in [0.25, 0.3) is 5.91 Å². The van der Waals surface area contributed by atoms with Crippen LogP contribution >= 0.6 is 0 Å². The second-order valence-corrected chi connectivity index (χ2v) is 14.2. The van der Waals surface area contributed by atoms with Gasteiger partial charge < -0.3 is 24.8 Å². The Morgan fingerprint density at radius 3 is 2.41 bits per heavy atom. The number of amides is 2. The number of carboxylic acids is 1. The number of carbonyl (C=O) groups is 3. The minimum Gasteiger partial charge on any atom is -0.476 e. The molecule has 0 bridgehead atoms. The molecule has 1 aromatic heterocycles. The third kappa shape index (κ3) is 5.47. The lowest BCUT2D eigenvalue weighted by atomic mass is 10.0. The van der Waals surface area contributed by atoms with Gasteiger partial charge in [-0.15, -0.1) is 0 Å². The number of carboxylic acid groups (broad SMARTS) is 1. The summed E-state index contributed by atoms with van der Waals surface area (Å²) in [6.07, 6.45) is 2.10. The van der Waals surface area contributed by atoms with Crippen LogP contribution in [0.2, 0.25) is 0 Å². The number of fused-ring (bicyclic) bond motifs is 1. The van der Waals surface area contributed by atoms with E-state index in [4.69, 9.17) is 9.47 Å². The molecule has 4 rings (SSSR count). The van der Waals surface area contributed by atoms with Crippen molar-refractivity contribution in [1.29, 1.82) is 0 Å². The molecule has 0 aromatic carbocycles. The summed E-state index contributed by atoms with van der Waals surface area (Å²) in [6, 6.07) is 0. The van der Waals surface area contributed by atoms with Crippen LogP contribution in [-0.4, -0.2) is 94.1 Å². The van der Waals surface area contributed by atoms with Gasteiger partial charge in [0.1, 0.15) is 11.3 Å². The summed E-state index contributed by atoms with van der Waals surface area (Å²) in [4.78, 5) is 38.5. The van der Waals surface area contributed by atoms with Crippen molar-refractivity contribution in [2.24, 2.45) is 0 Å². The maximum atomic E-state index is 13.5. The molecule has 0 unspecified atom stereocenters. The van der Waals surface area contributed by atoms with Crippen molar-refractivity contribution >= 4 is 27.8 Å². The van der Waals surface area contributed by atoms with E-state index in [0.717, 1.165) is 0 Å². The zero-order valence-electron chi connectivity index (χ0n) is 21.8. The molecule has 0 spiro atoms. The van der Waals surface area contributed by atoms with Gasteiger partial charge in [0.15, 0.2) is 15.5 Å². The van der Waals surface area contributed by atoms with Crippen LogP contribution in [0.5, 0.6) is 0 Å². The van der Waals surface area contributed by atoms with E-state index in [1.54, 1.807) is 27.7 Å². The number of ether oxygens (including phenoxy) is 2. The lowest BCUT2D eigenvalue weighted by Gasteiger charge is -2.32. The molecule has 0 radical (unpaired) electrons. The number of sulfone groups is 1. The first-order chi connectivity index (χ1) is 17.2. The van der Waals surface area contributed by atoms with Gasteiger partial charge in [-0.1, -0.05) is 0 Å². The SMILES string of the molecule is CC(C)(C)OC(=O)NCCOCCn1nc(C(=O)O)c2c1C(=O)N(CC1(S(=O)(=O)C3(C)CC3)CC1)CC2. The Bertz CT molecular complexity index is 1190. The average molecular weight is 541 g/mol. The van der Waals surface area contributed by atoms with Gasteiger partial charge in [-0.05, 0) is 59.8 Å². The van der Waals surface area contributed by atoms with Crippen molar-refractivity contribution in [3.05, 3.63) is 17.0 Å². The summed E-state index contributed by atoms with van der Waals surface area (Å²) in [5, 5.41) is 16.3. The van der Waals surface area contributed by atoms with Crippen molar-refractivity contribution in [2.45, 2.75) is 81.4 Å². The van der Waals surface area contributed by atoms with E-state index in [1.165, 1.54) is 9.58 Å². The minimum absolute atomic E-state index is 0.115. The van der Waals surface area contributed by atoms with E-state index in [1.807, 2.05) is 0 Å². The fraction of sp³-hybridized carbons (Fsp3) is 0.750. The molecule has 2 heterocycles. The van der Waals surface area contributed by atoms with Crippen LogP contribution in [0.1, 0.15) is 79.9 Å². The van der Waals surface area contributed by atoms with E-state index in [0.29, 0.717) is 31.2 Å². The zero-order valence-corrected chi connectivity index (χ0v) is 22.6. The molecule has 2 fully saturated rings. The summed E-state index contributed by atoms with van der Waals surface area (Å²) in [5.74, 6) is -1.63. The third-order valence-electron chi connectivity index (χ3n) is 7.20. The molecule has 13 heteroatoms. The maximum Gasteiger partial charge on any atom is 0.407 e. The van der Waals surface area contributed by atoms with Crippen molar-refractivity contribution < 1.29 is 37.4 Å². The quantitative estimate of drug-likeness (QED) is 0.398. The fourth-order valence-corrected chi connectivity index (χ4v) is 7.37. The van der Waals surface area contributed by atoms with Crippen LogP contribution in [0.4, 0.5) is 4.79 Å². The largest absolute Gasteiger partial charge is 0.476 e. The average Bonchev–Trinajstić information content (AvgIpc) is 3.70. The van der Waals surface area contributed by atoms with Gasteiger partial charge in [-0.25, -0.2) is 18.0 Å². The molecule has 2 amide bonds. The summed E-state index contributed by atoms with van der Waals surface area (Å²) in [5.41, 5.74) is -0.244. The van der Waals surface area contributed by atoms with Crippen LogP contribution in [0, 0.1) is 0 Å². The predicted molar refractivity (Wildman–Crippen MR) is 132 cm³/mol. The van der Waals surface area contributed by atoms with Crippen LogP contribution in [-0.2, 0) is 32.3 Å². The zero-order chi connectivity index (χ0) is 27.2. The number of alkyl carbamates (subject to hydrolysis) is 1. The molecular weight excluding hydrogens is 504 g/mol. The molecule has 1 aliphatic heterocycles. The lowest BCUT2D eigenvalue weighted by molar-refractivity contribution is 0.0494. The Hall–Kier alpha value is -2.67. The summed E-state index contributed by atoms with van der Waals surface area (Å²) < 4.78 is 36.9. The number of aromatic nitrogens is 2. The molecule has 3 aliphatic rings. The highest BCUT2D eigenvalue weighted by molar-refractivity contribution is 7.94. The molecule has 37 heavy (non-hydrogen) atoms. The first-order valence-electron chi connectivity index (χ1n) is 12.6. The van der Waals surface area contributed by atoms with Crippen LogP contribution in [0.15, 0.2) is 0 Å². The Kier molecular flexibility index (Phi) is 7.08. The topological polar surface area (TPSA) is 157 Å². The second kappa shape index (κ2) is 9.57. The number of hydrogen-bond acceptors (Lipinski definition) is 8. The third-order valence-corrected chi connectivity index (χ3v) is 10.6.